The lowest BCUT2D eigenvalue weighted by atomic mass is 10.1. The van der Waals surface area contributed by atoms with Crippen molar-refractivity contribution >= 4 is 23.4 Å². The van der Waals surface area contributed by atoms with Crippen molar-refractivity contribution in [2.45, 2.75) is 20.4 Å². The topological polar surface area (TPSA) is 67.2 Å². The third-order valence-corrected chi connectivity index (χ3v) is 4.57. The Bertz CT molecular complexity index is 800. The molecule has 0 radical (unpaired) electrons. The standard InChI is InChI=1S/C17H19ClN4O2/c1-11-16(17(24)21-8-7-19-15(23)10-21)12(2)22(20-11)9-13-5-3-4-6-14(13)18/h3-6H,7-10H2,1-2H3,(H,19,23). The lowest BCUT2D eigenvalue weighted by Crippen LogP contribution is -2.50. The van der Waals surface area contributed by atoms with E-state index >= 15 is 0 Å². The van der Waals surface area contributed by atoms with Crippen LogP contribution in [0.5, 0.6) is 0 Å². The van der Waals surface area contributed by atoms with Gasteiger partial charge in [-0.1, -0.05) is 29.8 Å². The lowest BCUT2D eigenvalue weighted by Gasteiger charge is -2.26. The Kier molecular flexibility index (Phi) is 4.57. The number of nitrogens with zero attached hydrogens (tertiary/aromatic N) is 3. The summed E-state index contributed by atoms with van der Waals surface area (Å²) in [4.78, 5) is 25.9. The molecule has 6 nitrogen and oxygen atoms in total. The second kappa shape index (κ2) is 6.65. The van der Waals surface area contributed by atoms with Gasteiger partial charge in [0.25, 0.3) is 5.91 Å². The minimum absolute atomic E-state index is 0.0907. The van der Waals surface area contributed by atoms with Crippen LogP contribution in [0.4, 0.5) is 0 Å². The smallest absolute Gasteiger partial charge is 0.258 e. The van der Waals surface area contributed by atoms with Crippen LogP contribution in [-0.4, -0.2) is 46.1 Å². The molecule has 1 aliphatic heterocycles. The van der Waals surface area contributed by atoms with Gasteiger partial charge in [0.15, 0.2) is 0 Å². The van der Waals surface area contributed by atoms with Crippen LogP contribution in [0.3, 0.4) is 0 Å². The number of nitrogens with one attached hydrogen (secondary N) is 1. The third-order valence-electron chi connectivity index (χ3n) is 4.20. The van der Waals surface area contributed by atoms with Crippen molar-refractivity contribution < 1.29 is 9.59 Å². The largest absolute Gasteiger partial charge is 0.353 e. The molecule has 0 bridgehead atoms. The normalized spacial score (nSPS) is 14.6. The summed E-state index contributed by atoms with van der Waals surface area (Å²) >= 11 is 6.21. The number of carbonyl (C=O) groups is 2. The molecular formula is C17H19ClN4O2. The second-order valence-electron chi connectivity index (χ2n) is 5.87. The number of benzene rings is 1. The van der Waals surface area contributed by atoms with Crippen LogP contribution in [0.25, 0.3) is 0 Å². The van der Waals surface area contributed by atoms with Crippen molar-refractivity contribution in [1.82, 2.24) is 20.0 Å². The summed E-state index contributed by atoms with van der Waals surface area (Å²) in [6, 6.07) is 7.57. The van der Waals surface area contributed by atoms with Crippen molar-refractivity contribution in [2.24, 2.45) is 0 Å². The molecule has 126 valence electrons. The molecule has 0 spiro atoms. The summed E-state index contributed by atoms with van der Waals surface area (Å²) in [5, 5.41) is 7.89. The Morgan fingerprint density at radius 1 is 1.33 bits per heavy atom. The zero-order valence-electron chi connectivity index (χ0n) is 13.7. The van der Waals surface area contributed by atoms with Crippen LogP contribution in [0.2, 0.25) is 5.02 Å². The summed E-state index contributed by atoms with van der Waals surface area (Å²) in [6.45, 7) is 5.27. The van der Waals surface area contributed by atoms with E-state index in [1.54, 1.807) is 9.58 Å². The van der Waals surface area contributed by atoms with Gasteiger partial charge in [-0.05, 0) is 25.5 Å². The van der Waals surface area contributed by atoms with Crippen molar-refractivity contribution in [3.05, 3.63) is 51.8 Å². The van der Waals surface area contributed by atoms with E-state index in [9.17, 15) is 9.59 Å². The molecule has 0 saturated carbocycles. The van der Waals surface area contributed by atoms with E-state index < -0.39 is 0 Å². The van der Waals surface area contributed by atoms with Crippen LogP contribution in [0.15, 0.2) is 24.3 Å². The van der Waals surface area contributed by atoms with Gasteiger partial charge in [0, 0.05) is 23.8 Å². The van der Waals surface area contributed by atoms with Crippen molar-refractivity contribution in [2.75, 3.05) is 19.6 Å². The molecule has 0 unspecified atom stereocenters. The van der Waals surface area contributed by atoms with Gasteiger partial charge in [0.1, 0.15) is 0 Å². The van der Waals surface area contributed by atoms with E-state index in [1.165, 1.54) is 0 Å². The number of aromatic nitrogens is 2. The fraction of sp³-hybridized carbons (Fsp3) is 0.353. The SMILES string of the molecule is Cc1nn(Cc2ccccc2Cl)c(C)c1C(=O)N1CCNC(=O)C1. The van der Waals surface area contributed by atoms with Gasteiger partial charge in [-0.15, -0.1) is 0 Å². The van der Waals surface area contributed by atoms with E-state index in [0.29, 0.717) is 35.9 Å². The number of aryl methyl sites for hydroxylation is 1. The van der Waals surface area contributed by atoms with Crippen molar-refractivity contribution in [1.29, 1.82) is 0 Å². The predicted molar refractivity (Wildman–Crippen MR) is 91.2 cm³/mol. The number of piperazine rings is 1. The zero-order chi connectivity index (χ0) is 17.3. The van der Waals surface area contributed by atoms with Gasteiger partial charge in [0.2, 0.25) is 5.91 Å². The van der Waals surface area contributed by atoms with Gasteiger partial charge in [-0.25, -0.2) is 0 Å². The highest BCUT2D eigenvalue weighted by atomic mass is 35.5. The molecule has 1 saturated heterocycles. The molecule has 1 aromatic heterocycles. The highest BCUT2D eigenvalue weighted by Crippen LogP contribution is 2.20. The molecule has 0 atom stereocenters. The average molecular weight is 347 g/mol. The summed E-state index contributed by atoms with van der Waals surface area (Å²) < 4.78 is 1.79. The Balaban J connectivity index is 1.88. The maximum atomic E-state index is 12.8. The quantitative estimate of drug-likeness (QED) is 0.921. The maximum absolute atomic E-state index is 12.8. The third kappa shape index (κ3) is 3.14. The molecular weight excluding hydrogens is 328 g/mol. The molecule has 3 rings (SSSR count). The number of halogens is 1. The summed E-state index contributed by atoms with van der Waals surface area (Å²) in [5.41, 5.74) is 2.96. The summed E-state index contributed by atoms with van der Waals surface area (Å²) in [7, 11) is 0. The molecule has 2 aromatic rings. The van der Waals surface area contributed by atoms with Crippen molar-refractivity contribution in [3.63, 3.8) is 0 Å². The minimum Gasteiger partial charge on any atom is -0.353 e. The van der Waals surface area contributed by atoms with E-state index in [2.05, 4.69) is 10.4 Å². The van der Waals surface area contributed by atoms with Gasteiger partial charge in [0.05, 0.1) is 24.3 Å². The van der Waals surface area contributed by atoms with E-state index in [0.717, 1.165) is 11.3 Å². The number of hydrogen-bond acceptors (Lipinski definition) is 3. The molecule has 2 amide bonds. The first kappa shape index (κ1) is 16.5. The Hall–Kier alpha value is -2.34. The fourth-order valence-corrected chi connectivity index (χ4v) is 3.11. The van der Waals surface area contributed by atoms with Crippen LogP contribution in [-0.2, 0) is 11.3 Å². The van der Waals surface area contributed by atoms with Crippen LogP contribution < -0.4 is 5.32 Å². The Labute approximate surface area is 145 Å². The fourth-order valence-electron chi connectivity index (χ4n) is 2.92. The van der Waals surface area contributed by atoms with Crippen LogP contribution in [0, 0.1) is 13.8 Å². The van der Waals surface area contributed by atoms with Crippen LogP contribution >= 0.6 is 11.6 Å². The monoisotopic (exact) mass is 346 g/mol. The number of rotatable bonds is 3. The van der Waals surface area contributed by atoms with E-state index in [4.69, 9.17) is 11.6 Å². The maximum Gasteiger partial charge on any atom is 0.258 e. The first-order valence-corrected chi connectivity index (χ1v) is 8.18. The van der Waals surface area contributed by atoms with Crippen molar-refractivity contribution in [3.8, 4) is 0 Å². The molecule has 1 N–H and O–H groups in total. The Morgan fingerprint density at radius 3 is 2.79 bits per heavy atom. The number of carbonyl (C=O) groups excluding carboxylic acids is 2. The van der Waals surface area contributed by atoms with E-state index in [-0.39, 0.29) is 18.4 Å². The van der Waals surface area contributed by atoms with Gasteiger partial charge in [-0.3, -0.25) is 14.3 Å². The lowest BCUT2D eigenvalue weighted by molar-refractivity contribution is -0.123. The predicted octanol–water partition coefficient (Wildman–Crippen LogP) is 1.77. The van der Waals surface area contributed by atoms with Crippen LogP contribution in [0.1, 0.15) is 27.3 Å². The van der Waals surface area contributed by atoms with Gasteiger partial charge >= 0.3 is 0 Å². The molecule has 0 aliphatic carbocycles. The summed E-state index contributed by atoms with van der Waals surface area (Å²) in [5.74, 6) is -0.279. The molecule has 7 heteroatoms. The number of hydrogen-bond donors (Lipinski definition) is 1. The first-order chi connectivity index (χ1) is 11.5. The van der Waals surface area contributed by atoms with Gasteiger partial charge in [-0.2, -0.15) is 5.10 Å². The highest BCUT2D eigenvalue weighted by molar-refractivity contribution is 6.31. The number of amides is 2. The van der Waals surface area contributed by atoms with E-state index in [1.807, 2.05) is 38.1 Å². The van der Waals surface area contributed by atoms with Gasteiger partial charge < -0.3 is 10.2 Å². The average Bonchev–Trinajstić information content (AvgIpc) is 2.83. The molecule has 2 heterocycles. The highest BCUT2D eigenvalue weighted by Gasteiger charge is 2.27. The Morgan fingerprint density at radius 2 is 2.08 bits per heavy atom. The second-order valence-corrected chi connectivity index (χ2v) is 6.28. The minimum atomic E-state index is -0.148. The summed E-state index contributed by atoms with van der Waals surface area (Å²) in [6.07, 6.45) is 0. The molecule has 1 fully saturated rings. The molecule has 24 heavy (non-hydrogen) atoms. The zero-order valence-corrected chi connectivity index (χ0v) is 14.4. The molecule has 1 aromatic carbocycles. The first-order valence-electron chi connectivity index (χ1n) is 7.80. The molecule has 1 aliphatic rings.